The molecule has 0 unspecified atom stereocenters. The van der Waals surface area contributed by atoms with E-state index in [9.17, 15) is 13.2 Å². The minimum Gasteiger partial charge on any atom is -0.410 e. The van der Waals surface area contributed by atoms with E-state index in [-0.39, 0.29) is 17.8 Å². The van der Waals surface area contributed by atoms with Crippen molar-refractivity contribution < 1.29 is 17.6 Å². The molecule has 0 saturated carbocycles. The molecule has 8 heteroatoms. The van der Waals surface area contributed by atoms with Gasteiger partial charge in [-0.1, -0.05) is 22.8 Å². The number of hydrogen-bond acceptors (Lipinski definition) is 6. The van der Waals surface area contributed by atoms with E-state index in [1.165, 1.54) is 0 Å². The fourth-order valence-electron chi connectivity index (χ4n) is 2.72. The summed E-state index contributed by atoms with van der Waals surface area (Å²) in [5.41, 5.74) is 1.60. The Morgan fingerprint density at radius 1 is 1.35 bits per heavy atom. The molecule has 0 bridgehead atoms. The van der Waals surface area contributed by atoms with Crippen LogP contribution in [-0.4, -0.2) is 42.2 Å². The number of rotatable bonds is 3. The number of carbonyl (C=O) groups excluding carboxylic acids is 1. The van der Waals surface area contributed by atoms with Gasteiger partial charge in [0.25, 0.3) is 5.91 Å². The monoisotopic (exact) mass is 335 g/mol. The third-order valence-electron chi connectivity index (χ3n) is 3.80. The molecule has 23 heavy (non-hydrogen) atoms. The molecular weight excluding hydrogens is 318 g/mol. The number of likely N-dealkylation sites (tertiary alicyclic amines) is 1. The molecule has 7 nitrogen and oxygen atoms in total. The Morgan fingerprint density at radius 3 is 2.78 bits per heavy atom. The van der Waals surface area contributed by atoms with Gasteiger partial charge in [0.1, 0.15) is 6.04 Å². The topological polar surface area (TPSA) is 93.4 Å². The molecule has 1 aromatic carbocycles. The number of hydrogen-bond donors (Lipinski definition) is 0. The number of aromatic nitrogens is 2. The van der Waals surface area contributed by atoms with Gasteiger partial charge in [-0.05, 0) is 31.9 Å². The average Bonchev–Trinajstić information content (AvgIpc) is 3.14. The Kier molecular flexibility index (Phi) is 3.93. The second-order valence-electron chi connectivity index (χ2n) is 5.70. The van der Waals surface area contributed by atoms with Gasteiger partial charge in [0.15, 0.2) is 0 Å². The SMILES string of the molecule is Cc1cccc(C(=O)N2CCC[C@H]2c2nnc(S(C)(=O)=O)o2)c1. The van der Waals surface area contributed by atoms with Crippen LogP contribution < -0.4 is 0 Å². The van der Waals surface area contributed by atoms with Crippen LogP contribution >= 0.6 is 0 Å². The maximum absolute atomic E-state index is 12.7. The summed E-state index contributed by atoms with van der Waals surface area (Å²) in [5.74, 6) is 0.0548. The van der Waals surface area contributed by atoms with E-state index in [1.807, 2.05) is 25.1 Å². The lowest BCUT2D eigenvalue weighted by molar-refractivity contribution is 0.0712. The summed E-state index contributed by atoms with van der Waals surface area (Å²) < 4.78 is 28.2. The predicted octanol–water partition coefficient (Wildman–Crippen LogP) is 1.76. The van der Waals surface area contributed by atoms with E-state index < -0.39 is 15.1 Å². The first kappa shape index (κ1) is 15.7. The van der Waals surface area contributed by atoms with Crippen LogP contribution in [0.4, 0.5) is 0 Å². The van der Waals surface area contributed by atoms with Gasteiger partial charge in [-0.25, -0.2) is 8.42 Å². The van der Waals surface area contributed by atoms with Gasteiger partial charge < -0.3 is 9.32 Å². The van der Waals surface area contributed by atoms with Gasteiger partial charge in [-0.3, -0.25) is 4.79 Å². The standard InChI is InChI=1S/C15H17N3O4S/c1-10-5-3-6-11(9-10)14(19)18-8-4-7-12(18)13-16-17-15(22-13)23(2,20)21/h3,5-6,9,12H,4,7-8H2,1-2H3/t12-/m0/s1. The summed E-state index contributed by atoms with van der Waals surface area (Å²) in [6.07, 6.45) is 2.48. The van der Waals surface area contributed by atoms with Crippen molar-refractivity contribution in [2.24, 2.45) is 0 Å². The Labute approximate surface area is 134 Å². The minimum absolute atomic E-state index is 0.115. The van der Waals surface area contributed by atoms with Crippen LogP contribution in [0.15, 0.2) is 33.9 Å². The van der Waals surface area contributed by atoms with Crippen LogP contribution in [0.1, 0.15) is 40.7 Å². The Morgan fingerprint density at radius 2 is 2.13 bits per heavy atom. The fraction of sp³-hybridized carbons (Fsp3) is 0.400. The second-order valence-corrected chi connectivity index (χ2v) is 7.60. The molecule has 1 aromatic heterocycles. The van der Waals surface area contributed by atoms with Crippen molar-refractivity contribution in [3.05, 3.63) is 41.3 Å². The highest BCUT2D eigenvalue weighted by Crippen LogP contribution is 2.32. The van der Waals surface area contributed by atoms with E-state index in [4.69, 9.17) is 4.42 Å². The average molecular weight is 335 g/mol. The number of amides is 1. The van der Waals surface area contributed by atoms with Crippen LogP contribution in [-0.2, 0) is 9.84 Å². The number of sulfone groups is 1. The number of nitrogens with zero attached hydrogens (tertiary/aromatic N) is 3. The van der Waals surface area contributed by atoms with Gasteiger partial charge in [0.2, 0.25) is 15.7 Å². The maximum atomic E-state index is 12.7. The molecule has 2 aromatic rings. The van der Waals surface area contributed by atoms with Gasteiger partial charge in [0, 0.05) is 18.4 Å². The summed E-state index contributed by atoms with van der Waals surface area (Å²) in [6, 6.07) is 6.97. The van der Waals surface area contributed by atoms with Gasteiger partial charge >= 0.3 is 5.22 Å². The summed E-state index contributed by atoms with van der Waals surface area (Å²) in [4.78, 5) is 14.4. The Hall–Kier alpha value is -2.22. The zero-order chi connectivity index (χ0) is 16.6. The van der Waals surface area contributed by atoms with E-state index in [0.29, 0.717) is 18.5 Å². The van der Waals surface area contributed by atoms with Crippen LogP contribution in [0.2, 0.25) is 0 Å². The van der Waals surface area contributed by atoms with Crippen molar-refractivity contribution in [2.45, 2.75) is 31.0 Å². The zero-order valence-electron chi connectivity index (χ0n) is 12.9. The molecule has 1 aliphatic rings. The van der Waals surface area contributed by atoms with E-state index >= 15 is 0 Å². The highest BCUT2D eigenvalue weighted by atomic mass is 32.2. The highest BCUT2D eigenvalue weighted by Gasteiger charge is 2.35. The fourth-order valence-corrected chi connectivity index (χ4v) is 3.14. The zero-order valence-corrected chi connectivity index (χ0v) is 13.7. The molecule has 3 rings (SSSR count). The quantitative estimate of drug-likeness (QED) is 0.848. The number of carbonyl (C=O) groups is 1. The van der Waals surface area contributed by atoms with Crippen molar-refractivity contribution in [1.29, 1.82) is 0 Å². The lowest BCUT2D eigenvalue weighted by atomic mass is 10.1. The summed E-state index contributed by atoms with van der Waals surface area (Å²) >= 11 is 0. The molecule has 1 saturated heterocycles. The molecule has 0 spiro atoms. The van der Waals surface area contributed by atoms with Gasteiger partial charge in [-0.2, -0.15) is 0 Å². The van der Waals surface area contributed by atoms with E-state index in [1.54, 1.807) is 11.0 Å². The summed E-state index contributed by atoms with van der Waals surface area (Å²) in [6.45, 7) is 2.50. The van der Waals surface area contributed by atoms with Crippen molar-refractivity contribution in [1.82, 2.24) is 15.1 Å². The Bertz CT molecular complexity index is 844. The summed E-state index contributed by atoms with van der Waals surface area (Å²) in [5, 5.41) is 6.97. The predicted molar refractivity (Wildman–Crippen MR) is 81.6 cm³/mol. The molecule has 2 heterocycles. The lowest BCUT2D eigenvalue weighted by Crippen LogP contribution is -2.30. The van der Waals surface area contributed by atoms with Gasteiger partial charge in [-0.15, -0.1) is 5.10 Å². The minimum atomic E-state index is -3.55. The van der Waals surface area contributed by atoms with Crippen LogP contribution in [0.25, 0.3) is 0 Å². The molecular formula is C15H17N3O4S. The Balaban J connectivity index is 1.88. The van der Waals surface area contributed by atoms with E-state index in [0.717, 1.165) is 18.2 Å². The van der Waals surface area contributed by atoms with Crippen molar-refractivity contribution in [3.63, 3.8) is 0 Å². The van der Waals surface area contributed by atoms with E-state index in [2.05, 4.69) is 10.2 Å². The van der Waals surface area contributed by atoms with Crippen molar-refractivity contribution in [2.75, 3.05) is 12.8 Å². The highest BCUT2D eigenvalue weighted by molar-refractivity contribution is 7.90. The molecule has 0 radical (unpaired) electrons. The number of aryl methyl sites for hydroxylation is 1. The molecule has 1 fully saturated rings. The molecule has 1 amide bonds. The molecule has 0 N–H and O–H groups in total. The smallest absolute Gasteiger partial charge is 0.335 e. The van der Waals surface area contributed by atoms with Crippen molar-refractivity contribution >= 4 is 15.7 Å². The summed E-state index contributed by atoms with van der Waals surface area (Å²) in [7, 11) is -3.55. The molecule has 0 aliphatic carbocycles. The maximum Gasteiger partial charge on any atom is 0.335 e. The normalized spacial score (nSPS) is 18.3. The van der Waals surface area contributed by atoms with Gasteiger partial charge in [0.05, 0.1) is 0 Å². The molecule has 122 valence electrons. The third kappa shape index (κ3) is 3.12. The first-order valence-corrected chi connectivity index (χ1v) is 9.16. The number of benzene rings is 1. The van der Waals surface area contributed by atoms with Crippen LogP contribution in [0.5, 0.6) is 0 Å². The molecule has 1 atom stereocenters. The lowest BCUT2D eigenvalue weighted by Gasteiger charge is -2.22. The van der Waals surface area contributed by atoms with Crippen molar-refractivity contribution in [3.8, 4) is 0 Å². The molecule has 1 aliphatic heterocycles. The first-order chi connectivity index (χ1) is 10.9. The first-order valence-electron chi connectivity index (χ1n) is 7.27. The largest absolute Gasteiger partial charge is 0.410 e. The van der Waals surface area contributed by atoms with Crippen LogP contribution in [0, 0.1) is 6.92 Å². The third-order valence-corrected chi connectivity index (χ3v) is 4.60. The van der Waals surface area contributed by atoms with Crippen LogP contribution in [0.3, 0.4) is 0 Å². The second kappa shape index (κ2) is 5.77.